The van der Waals surface area contributed by atoms with Crippen LogP contribution in [0.5, 0.6) is 0 Å². The van der Waals surface area contributed by atoms with Crippen LogP contribution in [-0.2, 0) is 9.53 Å². The van der Waals surface area contributed by atoms with Gasteiger partial charge >= 0.3 is 5.97 Å². The number of benzene rings is 1. The first-order valence-electron chi connectivity index (χ1n) is 9.14. The second-order valence-electron chi connectivity index (χ2n) is 7.16. The molecule has 2 fully saturated rings. The van der Waals surface area contributed by atoms with Gasteiger partial charge in [0.05, 0.1) is 0 Å². The van der Waals surface area contributed by atoms with Crippen LogP contribution in [0.25, 0.3) is 10.1 Å². The number of rotatable bonds is 3. The summed E-state index contributed by atoms with van der Waals surface area (Å²) in [5, 5.41) is 1.03. The van der Waals surface area contributed by atoms with Crippen molar-refractivity contribution in [1.82, 2.24) is 4.90 Å². The Morgan fingerprint density at radius 3 is 2.76 bits per heavy atom. The first kappa shape index (κ1) is 16.6. The SMILES string of the molecule is O=C(OCC(=O)N1CC[C@@H]2CCCC[C@H]2C1)c1cc2ccccc2s1. The number of amides is 1. The van der Waals surface area contributed by atoms with Crippen LogP contribution in [0.3, 0.4) is 0 Å². The molecule has 2 aliphatic rings. The number of esters is 1. The van der Waals surface area contributed by atoms with Crippen molar-refractivity contribution in [3.05, 3.63) is 35.2 Å². The largest absolute Gasteiger partial charge is 0.451 e. The van der Waals surface area contributed by atoms with Gasteiger partial charge in [-0.05, 0) is 42.2 Å². The number of fused-ring (bicyclic) bond motifs is 2. The monoisotopic (exact) mass is 357 g/mol. The van der Waals surface area contributed by atoms with E-state index in [1.807, 2.05) is 35.2 Å². The number of carbonyl (C=O) groups excluding carboxylic acids is 2. The average molecular weight is 357 g/mol. The Kier molecular flexibility index (Phi) is 4.75. The van der Waals surface area contributed by atoms with Crippen LogP contribution in [0, 0.1) is 11.8 Å². The van der Waals surface area contributed by atoms with E-state index in [1.165, 1.54) is 37.0 Å². The lowest BCUT2D eigenvalue weighted by Crippen LogP contribution is -2.46. The number of hydrogen-bond donors (Lipinski definition) is 0. The summed E-state index contributed by atoms with van der Waals surface area (Å²) < 4.78 is 6.34. The van der Waals surface area contributed by atoms with Crippen LogP contribution in [0.2, 0.25) is 0 Å². The van der Waals surface area contributed by atoms with Crippen LogP contribution in [0.15, 0.2) is 30.3 Å². The zero-order valence-corrected chi connectivity index (χ0v) is 15.1. The van der Waals surface area contributed by atoms with E-state index in [0.717, 1.165) is 35.5 Å². The minimum Gasteiger partial charge on any atom is -0.451 e. The van der Waals surface area contributed by atoms with Crippen molar-refractivity contribution in [2.75, 3.05) is 19.7 Å². The number of piperidine rings is 1. The van der Waals surface area contributed by atoms with Crippen molar-refractivity contribution >= 4 is 33.3 Å². The second kappa shape index (κ2) is 7.16. The summed E-state index contributed by atoms with van der Waals surface area (Å²) in [5.41, 5.74) is 0. The molecule has 1 saturated carbocycles. The third kappa shape index (κ3) is 3.56. The topological polar surface area (TPSA) is 46.6 Å². The summed E-state index contributed by atoms with van der Waals surface area (Å²) in [5.74, 6) is 0.976. The van der Waals surface area contributed by atoms with Crippen LogP contribution < -0.4 is 0 Å². The fourth-order valence-electron chi connectivity index (χ4n) is 4.20. The number of hydrogen-bond acceptors (Lipinski definition) is 4. The highest BCUT2D eigenvalue weighted by Gasteiger charge is 2.33. The van der Waals surface area contributed by atoms with Crippen molar-refractivity contribution in [2.45, 2.75) is 32.1 Å². The van der Waals surface area contributed by atoms with E-state index in [4.69, 9.17) is 4.74 Å². The highest BCUT2D eigenvalue weighted by Crippen LogP contribution is 2.36. The lowest BCUT2D eigenvalue weighted by Gasteiger charge is -2.41. The minimum absolute atomic E-state index is 0.0570. The number of carbonyl (C=O) groups is 2. The third-order valence-electron chi connectivity index (χ3n) is 5.60. The summed E-state index contributed by atoms with van der Waals surface area (Å²) in [4.78, 5) is 27.1. The summed E-state index contributed by atoms with van der Waals surface area (Å²) in [6.07, 6.45) is 6.26. The lowest BCUT2D eigenvalue weighted by atomic mass is 9.75. The minimum atomic E-state index is -0.401. The first-order chi connectivity index (χ1) is 12.2. The van der Waals surface area contributed by atoms with Crippen molar-refractivity contribution < 1.29 is 14.3 Å². The van der Waals surface area contributed by atoms with Gasteiger partial charge in [0.2, 0.25) is 0 Å². The summed E-state index contributed by atoms with van der Waals surface area (Å²) in [6, 6.07) is 9.69. The number of nitrogens with zero attached hydrogens (tertiary/aromatic N) is 1. The molecular formula is C20H23NO3S. The smallest absolute Gasteiger partial charge is 0.348 e. The highest BCUT2D eigenvalue weighted by atomic mass is 32.1. The summed E-state index contributed by atoms with van der Waals surface area (Å²) in [7, 11) is 0. The molecule has 5 heteroatoms. The zero-order valence-electron chi connectivity index (χ0n) is 14.3. The highest BCUT2D eigenvalue weighted by molar-refractivity contribution is 7.20. The number of likely N-dealkylation sites (tertiary alicyclic amines) is 1. The van der Waals surface area contributed by atoms with E-state index >= 15 is 0 Å². The Labute approximate surface area is 151 Å². The molecule has 0 N–H and O–H groups in total. The van der Waals surface area contributed by atoms with Crippen LogP contribution in [0.1, 0.15) is 41.8 Å². The molecule has 1 saturated heterocycles. The molecule has 0 spiro atoms. The van der Waals surface area contributed by atoms with E-state index < -0.39 is 5.97 Å². The van der Waals surface area contributed by atoms with Crippen LogP contribution >= 0.6 is 11.3 Å². The molecule has 4 rings (SSSR count). The molecule has 4 nitrogen and oxygen atoms in total. The van der Waals surface area contributed by atoms with E-state index in [1.54, 1.807) is 0 Å². The van der Waals surface area contributed by atoms with Gasteiger partial charge in [0.25, 0.3) is 5.91 Å². The Morgan fingerprint density at radius 1 is 1.12 bits per heavy atom. The van der Waals surface area contributed by atoms with Gasteiger partial charge in [0, 0.05) is 17.8 Å². The molecule has 0 bridgehead atoms. The van der Waals surface area contributed by atoms with Crippen molar-refractivity contribution in [1.29, 1.82) is 0 Å². The van der Waals surface area contributed by atoms with Crippen molar-refractivity contribution in [2.24, 2.45) is 11.8 Å². The summed E-state index contributed by atoms with van der Waals surface area (Å²) in [6.45, 7) is 1.49. The molecule has 0 radical (unpaired) electrons. The fraction of sp³-hybridized carbons (Fsp3) is 0.500. The van der Waals surface area contributed by atoms with Gasteiger partial charge in [-0.25, -0.2) is 4.79 Å². The van der Waals surface area contributed by atoms with Gasteiger partial charge in [-0.3, -0.25) is 4.79 Å². The van der Waals surface area contributed by atoms with E-state index in [2.05, 4.69) is 0 Å². The normalized spacial score (nSPS) is 23.3. The second-order valence-corrected chi connectivity index (χ2v) is 8.24. The molecule has 1 aromatic heterocycles. The fourth-order valence-corrected chi connectivity index (χ4v) is 5.16. The van der Waals surface area contributed by atoms with Gasteiger partial charge in [0.15, 0.2) is 6.61 Å². The average Bonchev–Trinajstić information content (AvgIpc) is 3.09. The Morgan fingerprint density at radius 2 is 1.92 bits per heavy atom. The first-order valence-corrected chi connectivity index (χ1v) is 9.96. The van der Waals surface area contributed by atoms with Gasteiger partial charge in [-0.2, -0.15) is 0 Å². The maximum atomic E-state index is 12.4. The molecule has 1 amide bonds. The third-order valence-corrected chi connectivity index (χ3v) is 6.69. The van der Waals surface area contributed by atoms with E-state index in [0.29, 0.717) is 10.8 Å². The molecule has 25 heavy (non-hydrogen) atoms. The molecule has 1 aromatic carbocycles. The molecule has 2 aromatic rings. The van der Waals surface area contributed by atoms with Gasteiger partial charge in [0.1, 0.15) is 4.88 Å². The molecule has 1 aliphatic carbocycles. The van der Waals surface area contributed by atoms with Gasteiger partial charge < -0.3 is 9.64 Å². The number of ether oxygens (including phenoxy) is 1. The quantitative estimate of drug-likeness (QED) is 0.777. The van der Waals surface area contributed by atoms with E-state index in [9.17, 15) is 9.59 Å². The molecular weight excluding hydrogens is 334 g/mol. The van der Waals surface area contributed by atoms with Gasteiger partial charge in [-0.15, -0.1) is 11.3 Å². The standard InChI is InChI=1S/C20H23NO3S/c22-19(21-10-9-14-5-1-2-7-16(14)12-21)13-24-20(23)18-11-15-6-3-4-8-17(15)25-18/h3-4,6,8,11,14,16H,1-2,5,7,9-10,12-13H2/t14-,16-/m0/s1. The Hall–Kier alpha value is -1.88. The molecule has 0 unspecified atom stereocenters. The lowest BCUT2D eigenvalue weighted by molar-refractivity contribution is -0.137. The van der Waals surface area contributed by atoms with E-state index in [-0.39, 0.29) is 12.5 Å². The summed E-state index contributed by atoms with van der Waals surface area (Å²) >= 11 is 1.41. The predicted octanol–water partition coefficient (Wildman–Crippen LogP) is 4.10. The maximum absolute atomic E-state index is 12.4. The zero-order chi connectivity index (χ0) is 17.2. The molecule has 1 aliphatic heterocycles. The molecule has 2 heterocycles. The maximum Gasteiger partial charge on any atom is 0.348 e. The van der Waals surface area contributed by atoms with Crippen molar-refractivity contribution in [3.8, 4) is 0 Å². The number of thiophene rings is 1. The van der Waals surface area contributed by atoms with Crippen LogP contribution in [-0.4, -0.2) is 36.5 Å². The van der Waals surface area contributed by atoms with Gasteiger partial charge in [-0.1, -0.05) is 37.5 Å². The Balaban J connectivity index is 1.33. The molecule has 132 valence electrons. The Bertz CT molecular complexity index is 751. The molecule has 2 atom stereocenters. The van der Waals surface area contributed by atoms with Crippen LogP contribution in [0.4, 0.5) is 0 Å². The van der Waals surface area contributed by atoms with Crippen molar-refractivity contribution in [3.63, 3.8) is 0 Å². The predicted molar refractivity (Wildman–Crippen MR) is 98.8 cm³/mol.